The van der Waals surface area contributed by atoms with Crippen LogP contribution in [0.4, 0.5) is 11.8 Å². The molecule has 0 radical (unpaired) electrons. The van der Waals surface area contributed by atoms with E-state index in [4.69, 9.17) is 19.5 Å². The van der Waals surface area contributed by atoms with Crippen LogP contribution in [0.2, 0.25) is 0 Å². The Morgan fingerprint density at radius 2 is 1.84 bits per heavy atom. The summed E-state index contributed by atoms with van der Waals surface area (Å²) in [6, 6.07) is 0.715. The lowest BCUT2D eigenvalue weighted by Crippen LogP contribution is -2.39. The summed E-state index contributed by atoms with van der Waals surface area (Å²) in [5, 5.41) is 7.60. The number of hydrogen-bond acceptors (Lipinski definition) is 8. The van der Waals surface area contributed by atoms with E-state index in [0.29, 0.717) is 29.3 Å². The van der Waals surface area contributed by atoms with E-state index in [1.165, 1.54) is 64.2 Å². The fourth-order valence-corrected chi connectivity index (χ4v) is 6.39. The van der Waals surface area contributed by atoms with Crippen molar-refractivity contribution in [2.24, 2.45) is 17.8 Å². The number of imidazole rings is 1. The molecule has 1 unspecified atom stereocenters. The smallest absolute Gasteiger partial charge is 0.365 e. The molecule has 3 aliphatic rings. The average Bonchev–Trinajstić information content (AvgIpc) is 3.43. The predicted molar refractivity (Wildman–Crippen MR) is 144 cm³/mol. The monoisotopic (exact) mass is 508 g/mol. The second-order valence-electron chi connectivity index (χ2n) is 11.8. The number of aromatic nitrogens is 6. The first-order chi connectivity index (χ1) is 18.0. The van der Waals surface area contributed by atoms with Crippen LogP contribution in [0.25, 0.3) is 22.8 Å². The van der Waals surface area contributed by atoms with Crippen LogP contribution in [0.3, 0.4) is 0 Å². The van der Waals surface area contributed by atoms with Crippen molar-refractivity contribution < 1.29 is 4.52 Å². The topological polar surface area (TPSA) is 118 Å². The van der Waals surface area contributed by atoms with Crippen molar-refractivity contribution in [3.05, 3.63) is 10.6 Å². The lowest BCUT2D eigenvalue weighted by Gasteiger charge is -2.36. The third kappa shape index (κ3) is 4.86. The van der Waals surface area contributed by atoms with E-state index in [-0.39, 0.29) is 11.9 Å². The van der Waals surface area contributed by atoms with Gasteiger partial charge in [-0.05, 0) is 76.5 Å². The largest absolute Gasteiger partial charge is 0.439 e. The summed E-state index contributed by atoms with van der Waals surface area (Å²) in [5.74, 6) is 3.79. The zero-order valence-corrected chi connectivity index (χ0v) is 22.4. The average molecular weight is 509 g/mol. The van der Waals surface area contributed by atoms with Crippen LogP contribution in [0, 0.1) is 17.8 Å². The minimum Gasteiger partial charge on any atom is -0.365 e. The highest BCUT2D eigenvalue weighted by molar-refractivity contribution is 5.87. The van der Waals surface area contributed by atoms with E-state index in [1.807, 2.05) is 0 Å². The van der Waals surface area contributed by atoms with Gasteiger partial charge in [0.25, 0.3) is 0 Å². The van der Waals surface area contributed by atoms with Gasteiger partial charge in [-0.2, -0.15) is 4.98 Å². The summed E-state index contributed by atoms with van der Waals surface area (Å²) < 4.78 is 7.17. The Hall–Kier alpha value is -2.91. The number of anilines is 2. The molecular weight excluding hydrogens is 468 g/mol. The second-order valence-corrected chi connectivity index (χ2v) is 11.8. The quantitative estimate of drug-likeness (QED) is 0.459. The van der Waals surface area contributed by atoms with Gasteiger partial charge in [0.1, 0.15) is 5.52 Å². The zero-order chi connectivity index (χ0) is 25.5. The van der Waals surface area contributed by atoms with Crippen LogP contribution in [0.5, 0.6) is 0 Å². The van der Waals surface area contributed by atoms with Gasteiger partial charge in [-0.3, -0.25) is 9.51 Å². The molecule has 2 aliphatic carbocycles. The molecule has 0 spiro atoms. The molecule has 37 heavy (non-hydrogen) atoms. The molecule has 1 aliphatic heterocycles. The van der Waals surface area contributed by atoms with Crippen molar-refractivity contribution in [2.45, 2.75) is 104 Å². The molecule has 10 heteroatoms. The summed E-state index contributed by atoms with van der Waals surface area (Å²) >= 11 is 0. The van der Waals surface area contributed by atoms with Crippen LogP contribution in [0.15, 0.2) is 9.32 Å². The van der Waals surface area contributed by atoms with Gasteiger partial charge < -0.3 is 14.8 Å². The maximum absolute atomic E-state index is 11.7. The molecule has 6 rings (SSSR count). The normalized spacial score (nSPS) is 25.8. The highest BCUT2D eigenvalue weighted by Gasteiger charge is 2.31. The van der Waals surface area contributed by atoms with Crippen molar-refractivity contribution in [3.63, 3.8) is 0 Å². The molecular formula is C27H40N8O2. The van der Waals surface area contributed by atoms with Crippen molar-refractivity contribution in [3.8, 4) is 11.6 Å². The molecule has 10 nitrogen and oxygen atoms in total. The van der Waals surface area contributed by atoms with E-state index in [1.54, 1.807) is 0 Å². The summed E-state index contributed by atoms with van der Waals surface area (Å²) in [6.45, 7) is 8.85. The van der Waals surface area contributed by atoms with E-state index < -0.39 is 5.76 Å². The number of rotatable bonds is 7. The van der Waals surface area contributed by atoms with Crippen molar-refractivity contribution >= 4 is 22.9 Å². The van der Waals surface area contributed by atoms with Crippen LogP contribution >= 0.6 is 0 Å². The minimum absolute atomic E-state index is 0.231. The molecule has 3 aromatic heterocycles. The Morgan fingerprint density at radius 1 is 1.03 bits per heavy atom. The van der Waals surface area contributed by atoms with Gasteiger partial charge >= 0.3 is 5.76 Å². The van der Waals surface area contributed by atoms with Crippen molar-refractivity contribution in [1.82, 2.24) is 29.7 Å². The Labute approximate surface area is 217 Å². The van der Waals surface area contributed by atoms with Crippen LogP contribution in [0.1, 0.15) is 85.0 Å². The van der Waals surface area contributed by atoms with Crippen LogP contribution in [-0.2, 0) is 6.54 Å². The molecule has 0 aromatic carbocycles. The maximum atomic E-state index is 11.7. The summed E-state index contributed by atoms with van der Waals surface area (Å²) in [4.78, 5) is 31.6. The molecule has 200 valence electrons. The number of nitrogens with one attached hydrogen (secondary N) is 2. The molecule has 3 fully saturated rings. The molecule has 3 aromatic rings. The molecule has 2 N–H and O–H groups in total. The lowest BCUT2D eigenvalue weighted by atomic mass is 9.80. The maximum Gasteiger partial charge on any atom is 0.439 e. The fourth-order valence-electron chi connectivity index (χ4n) is 6.39. The summed E-state index contributed by atoms with van der Waals surface area (Å²) in [5.41, 5.74) is 1.61. The van der Waals surface area contributed by atoms with Crippen LogP contribution in [-0.4, -0.2) is 48.3 Å². The van der Waals surface area contributed by atoms with Gasteiger partial charge in [0, 0.05) is 25.2 Å². The molecule has 2 atom stereocenters. The Kier molecular flexibility index (Phi) is 6.67. The third-order valence-corrected chi connectivity index (χ3v) is 9.09. The van der Waals surface area contributed by atoms with Gasteiger partial charge in [0.2, 0.25) is 17.6 Å². The third-order valence-electron chi connectivity index (χ3n) is 9.09. The standard InChI is InChI=1S/C27H40N8O2/c1-16-10-12-19(13-11-16)15-35-21-22(28-18(3)20-8-6-9-20)29-24(25-32-27(36)37-33-25)30-23(21)31-26(35)34-14-5-4-7-17(34)2/h16-20H,4-15H2,1-3H3,(H,28,29,30)(H,32,33,36)/t16-,17?,18-,19-/m1/s1. The molecule has 1 saturated heterocycles. The lowest BCUT2D eigenvalue weighted by molar-refractivity contribution is 0.266. The molecule has 0 bridgehead atoms. The van der Waals surface area contributed by atoms with E-state index >= 15 is 0 Å². The first-order valence-corrected chi connectivity index (χ1v) is 14.3. The number of piperidine rings is 1. The Morgan fingerprint density at radius 3 is 2.51 bits per heavy atom. The van der Waals surface area contributed by atoms with E-state index in [0.717, 1.165) is 36.3 Å². The molecule has 4 heterocycles. The highest BCUT2D eigenvalue weighted by Crippen LogP contribution is 2.37. The molecule has 0 amide bonds. The Balaban J connectivity index is 1.48. The number of fused-ring (bicyclic) bond motifs is 1. The van der Waals surface area contributed by atoms with Crippen LogP contribution < -0.4 is 16.0 Å². The molecule has 2 saturated carbocycles. The predicted octanol–water partition coefficient (Wildman–Crippen LogP) is 4.98. The number of H-pyrrole nitrogens is 1. The van der Waals surface area contributed by atoms with Crippen molar-refractivity contribution in [1.29, 1.82) is 0 Å². The SMILES string of the molecule is CC1CCCCN1c1nc2nc(-c3noc(=O)[nH]3)nc(N[C@H](C)C3CCC3)c2n1C[C@H]1CC[C@H](C)CC1. The van der Waals surface area contributed by atoms with Gasteiger partial charge in [0.15, 0.2) is 11.5 Å². The van der Waals surface area contributed by atoms with E-state index in [2.05, 4.69) is 45.7 Å². The second kappa shape index (κ2) is 10.1. The Bertz CT molecular complexity index is 1280. The first-order valence-electron chi connectivity index (χ1n) is 14.3. The first kappa shape index (κ1) is 24.4. The highest BCUT2D eigenvalue weighted by atomic mass is 16.5. The zero-order valence-electron chi connectivity index (χ0n) is 22.4. The minimum atomic E-state index is -0.615. The van der Waals surface area contributed by atoms with Crippen molar-refractivity contribution in [2.75, 3.05) is 16.8 Å². The number of hydrogen-bond donors (Lipinski definition) is 2. The fraction of sp³-hybridized carbons (Fsp3) is 0.741. The summed E-state index contributed by atoms with van der Waals surface area (Å²) in [6.07, 6.45) is 12.4. The number of aromatic amines is 1. The summed E-state index contributed by atoms with van der Waals surface area (Å²) in [7, 11) is 0. The van der Waals surface area contributed by atoms with E-state index in [9.17, 15) is 4.79 Å². The van der Waals surface area contributed by atoms with Gasteiger partial charge in [-0.1, -0.05) is 31.3 Å². The van der Waals surface area contributed by atoms with Gasteiger partial charge in [0.05, 0.1) is 0 Å². The van der Waals surface area contributed by atoms with Gasteiger partial charge in [-0.15, -0.1) is 0 Å². The van der Waals surface area contributed by atoms with Gasteiger partial charge in [-0.25, -0.2) is 14.8 Å². The number of nitrogens with zero attached hydrogens (tertiary/aromatic N) is 6.